The summed E-state index contributed by atoms with van der Waals surface area (Å²) < 4.78 is 2.10. The minimum Gasteiger partial charge on any atom is -0.318 e. The van der Waals surface area contributed by atoms with Gasteiger partial charge in [-0.05, 0) is 62.6 Å². The summed E-state index contributed by atoms with van der Waals surface area (Å²) in [5.41, 5.74) is 6.00. The first-order valence-corrected chi connectivity index (χ1v) is 7.93. The maximum Gasteiger partial charge on any atom is 0.328 e. The molecule has 128 valence electrons. The van der Waals surface area contributed by atoms with Crippen LogP contribution >= 0.6 is 0 Å². The number of urea groups is 1. The molecule has 2 aromatic rings. The SMILES string of the molecule is Cc1cccc(-n2c(C)cc(C=C3C(=O)NC(=O)NC3=O)c2C)c1C. The monoisotopic (exact) mass is 337 g/mol. The van der Waals surface area contributed by atoms with Crippen molar-refractivity contribution in [1.29, 1.82) is 0 Å². The van der Waals surface area contributed by atoms with Gasteiger partial charge in [-0.1, -0.05) is 12.1 Å². The number of benzene rings is 1. The fraction of sp³-hybridized carbons (Fsp3) is 0.211. The molecular formula is C19H19N3O3. The molecule has 25 heavy (non-hydrogen) atoms. The van der Waals surface area contributed by atoms with Crippen LogP contribution in [0.5, 0.6) is 0 Å². The molecule has 6 nitrogen and oxygen atoms in total. The lowest BCUT2D eigenvalue weighted by atomic mass is 10.1. The molecule has 1 aliphatic rings. The summed E-state index contributed by atoms with van der Waals surface area (Å²) >= 11 is 0. The summed E-state index contributed by atoms with van der Waals surface area (Å²) in [6.07, 6.45) is 1.51. The molecule has 2 heterocycles. The van der Waals surface area contributed by atoms with E-state index in [0.29, 0.717) is 0 Å². The number of nitrogens with zero attached hydrogens (tertiary/aromatic N) is 1. The van der Waals surface area contributed by atoms with Crippen molar-refractivity contribution < 1.29 is 14.4 Å². The van der Waals surface area contributed by atoms with Crippen molar-refractivity contribution in [3.05, 3.63) is 57.9 Å². The van der Waals surface area contributed by atoms with Gasteiger partial charge in [-0.2, -0.15) is 0 Å². The number of hydrogen-bond donors (Lipinski definition) is 2. The second-order valence-corrected chi connectivity index (χ2v) is 6.18. The number of hydrogen-bond acceptors (Lipinski definition) is 3. The van der Waals surface area contributed by atoms with Crippen LogP contribution in [-0.4, -0.2) is 22.4 Å². The van der Waals surface area contributed by atoms with E-state index >= 15 is 0 Å². The zero-order valence-electron chi connectivity index (χ0n) is 14.6. The van der Waals surface area contributed by atoms with Crippen molar-refractivity contribution in [2.75, 3.05) is 0 Å². The van der Waals surface area contributed by atoms with Crippen molar-refractivity contribution in [2.24, 2.45) is 0 Å². The maximum atomic E-state index is 11.9. The number of imide groups is 2. The van der Waals surface area contributed by atoms with Gasteiger partial charge in [-0.3, -0.25) is 20.2 Å². The van der Waals surface area contributed by atoms with Gasteiger partial charge in [0.15, 0.2) is 0 Å². The van der Waals surface area contributed by atoms with Crippen molar-refractivity contribution in [3.8, 4) is 5.69 Å². The Morgan fingerprint density at radius 1 is 0.960 bits per heavy atom. The second kappa shape index (κ2) is 6.05. The molecule has 6 heteroatoms. The number of nitrogens with one attached hydrogen (secondary N) is 2. The average molecular weight is 337 g/mol. The summed E-state index contributed by atoms with van der Waals surface area (Å²) in [7, 11) is 0. The molecule has 4 amide bonds. The summed E-state index contributed by atoms with van der Waals surface area (Å²) in [4.78, 5) is 35.0. The van der Waals surface area contributed by atoms with Crippen LogP contribution in [0.4, 0.5) is 4.79 Å². The molecule has 0 atom stereocenters. The molecule has 0 spiro atoms. The molecule has 0 radical (unpaired) electrons. The zero-order valence-corrected chi connectivity index (χ0v) is 14.6. The predicted molar refractivity (Wildman–Crippen MR) is 94.4 cm³/mol. The minimum absolute atomic E-state index is 0.0826. The topological polar surface area (TPSA) is 80.2 Å². The lowest BCUT2D eigenvalue weighted by Crippen LogP contribution is -2.51. The molecule has 0 unspecified atom stereocenters. The lowest BCUT2D eigenvalue weighted by molar-refractivity contribution is -0.123. The number of carbonyl (C=O) groups excluding carboxylic acids is 3. The Kier molecular flexibility index (Phi) is 4.04. The van der Waals surface area contributed by atoms with Crippen LogP contribution in [0.2, 0.25) is 0 Å². The number of amides is 4. The highest BCUT2D eigenvalue weighted by atomic mass is 16.2. The van der Waals surface area contributed by atoms with E-state index < -0.39 is 17.8 Å². The maximum absolute atomic E-state index is 11.9. The Hall–Kier alpha value is -3.15. The van der Waals surface area contributed by atoms with E-state index in [2.05, 4.69) is 35.1 Å². The van der Waals surface area contributed by atoms with Crippen LogP contribution in [-0.2, 0) is 9.59 Å². The molecule has 1 aromatic heterocycles. The molecule has 0 saturated carbocycles. The number of aromatic nitrogens is 1. The van der Waals surface area contributed by atoms with E-state index in [0.717, 1.165) is 22.6 Å². The van der Waals surface area contributed by atoms with E-state index in [-0.39, 0.29) is 5.57 Å². The molecule has 3 rings (SSSR count). The molecule has 2 N–H and O–H groups in total. The number of carbonyl (C=O) groups is 3. The predicted octanol–water partition coefficient (Wildman–Crippen LogP) is 2.46. The van der Waals surface area contributed by atoms with Crippen molar-refractivity contribution in [1.82, 2.24) is 15.2 Å². The second-order valence-electron chi connectivity index (χ2n) is 6.18. The normalized spacial score (nSPS) is 14.4. The van der Waals surface area contributed by atoms with Crippen LogP contribution in [0.1, 0.15) is 28.1 Å². The van der Waals surface area contributed by atoms with Gasteiger partial charge < -0.3 is 4.57 Å². The summed E-state index contributed by atoms with van der Waals surface area (Å²) in [5.74, 6) is -1.38. The van der Waals surface area contributed by atoms with Crippen LogP contribution in [0, 0.1) is 27.7 Å². The highest BCUT2D eigenvalue weighted by Gasteiger charge is 2.28. The van der Waals surface area contributed by atoms with Crippen molar-refractivity contribution in [2.45, 2.75) is 27.7 Å². The van der Waals surface area contributed by atoms with E-state index in [1.54, 1.807) is 0 Å². The quantitative estimate of drug-likeness (QED) is 0.652. The number of rotatable bonds is 2. The first kappa shape index (κ1) is 16.7. The summed E-state index contributed by atoms with van der Waals surface area (Å²) in [6.45, 7) is 8.03. The minimum atomic E-state index is -0.798. The Bertz CT molecular complexity index is 929. The number of aryl methyl sites for hydroxylation is 2. The lowest BCUT2D eigenvalue weighted by Gasteiger charge is -2.15. The highest BCUT2D eigenvalue weighted by Crippen LogP contribution is 2.26. The molecule has 0 bridgehead atoms. The first-order valence-electron chi connectivity index (χ1n) is 7.93. The zero-order chi connectivity index (χ0) is 18.3. The molecule has 1 fully saturated rings. The fourth-order valence-corrected chi connectivity index (χ4v) is 3.04. The van der Waals surface area contributed by atoms with Gasteiger partial charge in [0.2, 0.25) is 0 Å². The molecular weight excluding hydrogens is 318 g/mol. The van der Waals surface area contributed by atoms with Crippen LogP contribution in [0.15, 0.2) is 29.8 Å². The van der Waals surface area contributed by atoms with Gasteiger partial charge >= 0.3 is 6.03 Å². The van der Waals surface area contributed by atoms with Crippen LogP contribution in [0.3, 0.4) is 0 Å². The van der Waals surface area contributed by atoms with E-state index in [1.807, 2.05) is 32.0 Å². The van der Waals surface area contributed by atoms with Gasteiger partial charge in [0.05, 0.1) is 0 Å². The van der Waals surface area contributed by atoms with Crippen molar-refractivity contribution in [3.63, 3.8) is 0 Å². The highest BCUT2D eigenvalue weighted by molar-refractivity contribution is 6.31. The van der Waals surface area contributed by atoms with Gasteiger partial charge in [0, 0.05) is 17.1 Å². The third-order valence-corrected chi connectivity index (χ3v) is 4.53. The number of barbiturate groups is 1. The standard InChI is InChI=1S/C19H19N3O3/c1-10-6-5-7-16(12(10)3)22-11(2)8-14(13(22)4)9-15-17(23)20-19(25)21-18(15)24/h5-9H,1-4H3,(H2,20,21,23,24,25). The fourth-order valence-electron chi connectivity index (χ4n) is 3.04. The Balaban J connectivity index is 2.11. The van der Waals surface area contributed by atoms with E-state index in [1.165, 1.54) is 17.2 Å². The van der Waals surface area contributed by atoms with Gasteiger partial charge in [-0.15, -0.1) is 0 Å². The molecule has 0 aliphatic carbocycles. The third kappa shape index (κ3) is 2.87. The van der Waals surface area contributed by atoms with Crippen LogP contribution in [0.25, 0.3) is 11.8 Å². The molecule has 1 aromatic carbocycles. The Morgan fingerprint density at radius 2 is 1.60 bits per heavy atom. The van der Waals surface area contributed by atoms with Gasteiger partial charge in [-0.25, -0.2) is 4.79 Å². The Labute approximate surface area is 145 Å². The first-order chi connectivity index (χ1) is 11.8. The Morgan fingerprint density at radius 3 is 2.24 bits per heavy atom. The van der Waals surface area contributed by atoms with Gasteiger partial charge in [0.25, 0.3) is 11.8 Å². The van der Waals surface area contributed by atoms with Crippen LogP contribution < -0.4 is 10.6 Å². The summed E-state index contributed by atoms with van der Waals surface area (Å²) in [6, 6.07) is 7.22. The summed E-state index contributed by atoms with van der Waals surface area (Å²) in [5, 5.41) is 4.17. The van der Waals surface area contributed by atoms with E-state index in [4.69, 9.17) is 0 Å². The average Bonchev–Trinajstić information content (AvgIpc) is 2.80. The van der Waals surface area contributed by atoms with Gasteiger partial charge in [0.1, 0.15) is 5.57 Å². The molecule has 1 aliphatic heterocycles. The smallest absolute Gasteiger partial charge is 0.318 e. The third-order valence-electron chi connectivity index (χ3n) is 4.53. The molecule has 1 saturated heterocycles. The van der Waals surface area contributed by atoms with Crippen molar-refractivity contribution >= 4 is 23.9 Å². The largest absolute Gasteiger partial charge is 0.328 e. The van der Waals surface area contributed by atoms with E-state index in [9.17, 15) is 14.4 Å².